The van der Waals surface area contributed by atoms with E-state index >= 15 is 0 Å². The molecule has 1 heterocycles. The summed E-state index contributed by atoms with van der Waals surface area (Å²) < 4.78 is 10.9. The van der Waals surface area contributed by atoms with E-state index in [1.807, 2.05) is 19.1 Å². The zero-order chi connectivity index (χ0) is 15.4. The molecular weight excluding hydrogens is 338 g/mol. The maximum atomic E-state index is 11.8. The summed E-state index contributed by atoms with van der Waals surface area (Å²) in [5, 5.41) is 2.68. The molecule has 0 saturated carbocycles. The summed E-state index contributed by atoms with van der Waals surface area (Å²) in [5.74, 6) is -0.375. The van der Waals surface area contributed by atoms with Crippen molar-refractivity contribution in [3.05, 3.63) is 51.9 Å². The predicted octanol–water partition coefficient (Wildman–Crippen LogP) is 3.45. The van der Waals surface area contributed by atoms with Crippen LogP contribution in [0.4, 0.5) is 5.69 Å². The monoisotopic (exact) mass is 351 g/mol. The maximum absolute atomic E-state index is 11.8. The average Bonchev–Trinajstić information content (AvgIpc) is 2.86. The van der Waals surface area contributed by atoms with Gasteiger partial charge in [0.05, 0.1) is 0 Å². The van der Waals surface area contributed by atoms with E-state index in [4.69, 9.17) is 9.15 Å². The minimum absolute atomic E-state index is 0.0834. The summed E-state index contributed by atoms with van der Waals surface area (Å²) in [5.41, 5.74) is 1.58. The van der Waals surface area contributed by atoms with Crippen LogP contribution in [0.25, 0.3) is 0 Å². The van der Waals surface area contributed by atoms with Gasteiger partial charge in [-0.3, -0.25) is 4.79 Å². The van der Waals surface area contributed by atoms with Crippen LogP contribution >= 0.6 is 15.9 Å². The fourth-order valence-corrected chi connectivity index (χ4v) is 2.18. The van der Waals surface area contributed by atoms with Crippen molar-refractivity contribution in [2.24, 2.45) is 0 Å². The summed E-state index contributed by atoms with van der Waals surface area (Å²) in [6, 6.07) is 8.64. The second kappa shape index (κ2) is 6.58. The van der Waals surface area contributed by atoms with Crippen molar-refractivity contribution >= 4 is 33.5 Å². The Labute approximate surface area is 130 Å². The van der Waals surface area contributed by atoms with Crippen molar-refractivity contribution in [3.8, 4) is 0 Å². The van der Waals surface area contributed by atoms with Gasteiger partial charge in [-0.15, -0.1) is 0 Å². The highest BCUT2D eigenvalue weighted by molar-refractivity contribution is 9.10. The van der Waals surface area contributed by atoms with Gasteiger partial charge in [0, 0.05) is 10.2 Å². The van der Waals surface area contributed by atoms with Crippen molar-refractivity contribution in [2.75, 3.05) is 11.9 Å². The minimum Gasteiger partial charge on any atom is -0.454 e. The molecule has 1 N–H and O–H groups in total. The number of ether oxygens (including phenoxy) is 1. The Morgan fingerprint density at radius 3 is 2.62 bits per heavy atom. The molecule has 0 aliphatic carbocycles. The Bertz CT molecular complexity index is 678. The normalized spacial score (nSPS) is 10.2. The van der Waals surface area contributed by atoms with Crippen molar-refractivity contribution in [1.29, 1.82) is 0 Å². The summed E-state index contributed by atoms with van der Waals surface area (Å²) in [6.45, 7) is 3.23. The van der Waals surface area contributed by atoms with Crippen LogP contribution in [0.2, 0.25) is 0 Å². The third kappa shape index (κ3) is 4.19. The molecule has 2 aromatic rings. The molecule has 0 saturated heterocycles. The van der Waals surface area contributed by atoms with E-state index in [1.54, 1.807) is 19.1 Å². The molecule has 0 radical (unpaired) electrons. The van der Waals surface area contributed by atoms with Gasteiger partial charge in [-0.1, -0.05) is 15.9 Å². The third-order valence-corrected chi connectivity index (χ3v) is 3.23. The summed E-state index contributed by atoms with van der Waals surface area (Å²) in [7, 11) is 0. The SMILES string of the molecule is Cc1ccc(C(=O)OCC(=O)Nc2ccc(Br)cc2C)o1. The van der Waals surface area contributed by atoms with Crippen molar-refractivity contribution in [1.82, 2.24) is 0 Å². The Morgan fingerprint density at radius 2 is 2.00 bits per heavy atom. The molecule has 0 aliphatic rings. The van der Waals surface area contributed by atoms with E-state index in [9.17, 15) is 9.59 Å². The molecule has 0 aliphatic heterocycles. The number of hydrogen-bond acceptors (Lipinski definition) is 4. The van der Waals surface area contributed by atoms with E-state index < -0.39 is 11.9 Å². The standard InChI is InChI=1S/C15H14BrNO4/c1-9-7-11(16)4-5-12(9)17-14(18)8-20-15(19)13-6-3-10(2)21-13/h3-7H,8H2,1-2H3,(H,17,18). The predicted molar refractivity (Wildman–Crippen MR) is 81.2 cm³/mol. The van der Waals surface area contributed by atoms with E-state index in [1.165, 1.54) is 6.07 Å². The molecule has 1 aromatic heterocycles. The lowest BCUT2D eigenvalue weighted by atomic mass is 10.2. The molecule has 2 rings (SSSR count). The van der Waals surface area contributed by atoms with Gasteiger partial charge in [-0.05, 0) is 49.7 Å². The van der Waals surface area contributed by atoms with Crippen LogP contribution in [0.5, 0.6) is 0 Å². The Balaban J connectivity index is 1.89. The summed E-state index contributed by atoms with van der Waals surface area (Å²) >= 11 is 3.35. The first-order chi connectivity index (χ1) is 9.95. The molecule has 0 atom stereocenters. The number of furan rings is 1. The number of carbonyl (C=O) groups is 2. The lowest BCUT2D eigenvalue weighted by molar-refractivity contribution is -0.119. The molecule has 0 spiro atoms. The molecule has 21 heavy (non-hydrogen) atoms. The van der Waals surface area contributed by atoms with Gasteiger partial charge in [0.25, 0.3) is 5.91 Å². The first kappa shape index (κ1) is 15.3. The lowest BCUT2D eigenvalue weighted by Crippen LogP contribution is -2.21. The number of carbonyl (C=O) groups excluding carboxylic acids is 2. The first-order valence-electron chi connectivity index (χ1n) is 6.25. The molecule has 6 heteroatoms. The second-order valence-electron chi connectivity index (χ2n) is 4.49. The first-order valence-corrected chi connectivity index (χ1v) is 7.04. The van der Waals surface area contributed by atoms with Crippen LogP contribution in [0.3, 0.4) is 0 Å². The molecule has 110 valence electrons. The van der Waals surface area contributed by atoms with E-state index in [0.29, 0.717) is 11.4 Å². The summed E-state index contributed by atoms with van der Waals surface area (Å²) in [6.07, 6.45) is 0. The van der Waals surface area contributed by atoms with Gasteiger partial charge in [-0.2, -0.15) is 0 Å². The van der Waals surface area contributed by atoms with Gasteiger partial charge < -0.3 is 14.5 Å². The Morgan fingerprint density at radius 1 is 1.24 bits per heavy atom. The van der Waals surface area contributed by atoms with Gasteiger partial charge in [0.2, 0.25) is 5.76 Å². The number of nitrogens with one attached hydrogen (secondary N) is 1. The zero-order valence-electron chi connectivity index (χ0n) is 11.6. The van der Waals surface area contributed by atoms with E-state index in [0.717, 1.165) is 10.0 Å². The highest BCUT2D eigenvalue weighted by Gasteiger charge is 2.14. The fourth-order valence-electron chi connectivity index (χ4n) is 1.70. The van der Waals surface area contributed by atoms with Gasteiger partial charge in [-0.25, -0.2) is 4.79 Å². The topological polar surface area (TPSA) is 68.5 Å². The highest BCUT2D eigenvalue weighted by Crippen LogP contribution is 2.19. The fraction of sp³-hybridized carbons (Fsp3) is 0.200. The minimum atomic E-state index is -0.661. The highest BCUT2D eigenvalue weighted by atomic mass is 79.9. The number of rotatable bonds is 4. The molecule has 0 bridgehead atoms. The number of benzene rings is 1. The molecule has 5 nitrogen and oxygen atoms in total. The molecule has 1 amide bonds. The van der Waals surface area contributed by atoms with Crippen LogP contribution in [0.15, 0.2) is 39.2 Å². The molecule has 0 fully saturated rings. The number of hydrogen-bond donors (Lipinski definition) is 1. The van der Waals surface area contributed by atoms with Crippen LogP contribution in [0.1, 0.15) is 21.9 Å². The third-order valence-electron chi connectivity index (χ3n) is 2.74. The van der Waals surface area contributed by atoms with Crippen molar-refractivity contribution in [2.45, 2.75) is 13.8 Å². The number of esters is 1. The molecular formula is C15H14BrNO4. The Hall–Kier alpha value is -2.08. The number of aryl methyl sites for hydroxylation is 2. The van der Waals surface area contributed by atoms with Crippen LogP contribution < -0.4 is 5.32 Å². The Kier molecular flexibility index (Phi) is 4.80. The smallest absolute Gasteiger partial charge is 0.374 e. The van der Waals surface area contributed by atoms with Crippen LogP contribution in [0, 0.1) is 13.8 Å². The zero-order valence-corrected chi connectivity index (χ0v) is 13.2. The van der Waals surface area contributed by atoms with Crippen molar-refractivity contribution in [3.63, 3.8) is 0 Å². The molecule has 1 aromatic carbocycles. The number of amides is 1. The largest absolute Gasteiger partial charge is 0.454 e. The summed E-state index contributed by atoms with van der Waals surface area (Å²) in [4.78, 5) is 23.4. The van der Waals surface area contributed by atoms with Gasteiger partial charge in [0.1, 0.15) is 5.76 Å². The average molecular weight is 352 g/mol. The number of halogens is 1. The molecule has 0 unspecified atom stereocenters. The second-order valence-corrected chi connectivity index (χ2v) is 5.41. The maximum Gasteiger partial charge on any atom is 0.374 e. The van der Waals surface area contributed by atoms with E-state index in [-0.39, 0.29) is 12.4 Å². The van der Waals surface area contributed by atoms with Gasteiger partial charge >= 0.3 is 5.97 Å². The number of anilines is 1. The van der Waals surface area contributed by atoms with Gasteiger partial charge in [0.15, 0.2) is 6.61 Å². The van der Waals surface area contributed by atoms with E-state index in [2.05, 4.69) is 21.2 Å². The van der Waals surface area contributed by atoms with Crippen LogP contribution in [-0.4, -0.2) is 18.5 Å². The lowest BCUT2D eigenvalue weighted by Gasteiger charge is -2.08. The van der Waals surface area contributed by atoms with Crippen LogP contribution in [-0.2, 0) is 9.53 Å². The van der Waals surface area contributed by atoms with Crippen molar-refractivity contribution < 1.29 is 18.7 Å². The quantitative estimate of drug-likeness (QED) is 0.856.